The highest BCUT2D eigenvalue weighted by Gasteiger charge is 2.28. The first kappa shape index (κ1) is 14.6. The first-order chi connectivity index (χ1) is 10.8. The number of anilines is 1. The molecule has 2 heteroatoms. The molecule has 1 saturated heterocycles. The fraction of sp³-hybridized carbons (Fsp3) is 0.700. The van der Waals surface area contributed by atoms with E-state index in [0.29, 0.717) is 0 Å². The van der Waals surface area contributed by atoms with E-state index in [2.05, 4.69) is 35.0 Å². The van der Waals surface area contributed by atoms with Crippen LogP contribution in [0.4, 0.5) is 5.69 Å². The quantitative estimate of drug-likeness (QED) is 0.831. The number of rotatable bonds is 3. The van der Waals surface area contributed by atoms with Gasteiger partial charge < -0.3 is 9.80 Å². The number of hydrogen-bond acceptors (Lipinski definition) is 2. The largest absolute Gasteiger partial charge is 0.368 e. The molecule has 0 radical (unpaired) electrons. The van der Waals surface area contributed by atoms with Crippen LogP contribution in [0.5, 0.6) is 0 Å². The van der Waals surface area contributed by atoms with Crippen LogP contribution in [0.15, 0.2) is 18.2 Å². The fourth-order valence-corrected chi connectivity index (χ4v) is 4.86. The van der Waals surface area contributed by atoms with Gasteiger partial charge in [0.05, 0.1) is 0 Å². The normalized spacial score (nSPS) is 26.6. The molecule has 2 heterocycles. The monoisotopic (exact) mass is 298 g/mol. The van der Waals surface area contributed by atoms with Gasteiger partial charge >= 0.3 is 0 Å². The minimum Gasteiger partial charge on any atom is -0.368 e. The van der Waals surface area contributed by atoms with Crippen molar-refractivity contribution in [3.63, 3.8) is 0 Å². The van der Waals surface area contributed by atoms with E-state index in [4.69, 9.17) is 0 Å². The van der Waals surface area contributed by atoms with Crippen molar-refractivity contribution in [3.8, 4) is 0 Å². The van der Waals surface area contributed by atoms with Crippen molar-refractivity contribution in [2.75, 3.05) is 25.0 Å². The zero-order valence-corrected chi connectivity index (χ0v) is 14.1. The summed E-state index contributed by atoms with van der Waals surface area (Å²) in [7, 11) is 2.29. The van der Waals surface area contributed by atoms with Gasteiger partial charge in [-0.15, -0.1) is 0 Å². The number of nitrogens with zero attached hydrogens (tertiary/aromatic N) is 2. The summed E-state index contributed by atoms with van der Waals surface area (Å²) >= 11 is 0. The van der Waals surface area contributed by atoms with Gasteiger partial charge in [-0.3, -0.25) is 0 Å². The topological polar surface area (TPSA) is 6.48 Å². The molecule has 1 aromatic carbocycles. The van der Waals surface area contributed by atoms with E-state index < -0.39 is 0 Å². The zero-order chi connectivity index (χ0) is 14.9. The van der Waals surface area contributed by atoms with E-state index in [1.807, 2.05) is 0 Å². The molecule has 1 aliphatic carbocycles. The van der Waals surface area contributed by atoms with Crippen molar-refractivity contribution in [2.45, 2.75) is 69.9 Å². The molecule has 0 bridgehead atoms. The van der Waals surface area contributed by atoms with E-state index in [1.165, 1.54) is 70.9 Å². The summed E-state index contributed by atoms with van der Waals surface area (Å²) in [6, 6.07) is 8.93. The number of likely N-dealkylation sites (N-methyl/N-ethyl adjacent to an activating group) is 1. The SMILES string of the molecule is CN1CCCC1Cc1ccc2c(c1)N(C1CCCCC1)CC2. The van der Waals surface area contributed by atoms with Gasteiger partial charge in [-0.25, -0.2) is 0 Å². The van der Waals surface area contributed by atoms with Gasteiger partial charge in [-0.1, -0.05) is 31.4 Å². The lowest BCUT2D eigenvalue weighted by atomic mass is 9.94. The summed E-state index contributed by atoms with van der Waals surface area (Å²) in [4.78, 5) is 5.29. The van der Waals surface area contributed by atoms with E-state index in [-0.39, 0.29) is 0 Å². The maximum atomic E-state index is 2.75. The average molecular weight is 298 g/mol. The molecule has 4 rings (SSSR count). The maximum absolute atomic E-state index is 2.75. The Balaban J connectivity index is 1.52. The van der Waals surface area contributed by atoms with E-state index in [0.717, 1.165) is 12.1 Å². The van der Waals surface area contributed by atoms with Crippen LogP contribution in [-0.2, 0) is 12.8 Å². The van der Waals surface area contributed by atoms with Crippen LogP contribution >= 0.6 is 0 Å². The predicted octanol–water partition coefficient (Wildman–Crippen LogP) is 4.02. The fourth-order valence-electron chi connectivity index (χ4n) is 4.86. The Hall–Kier alpha value is -1.02. The molecule has 2 fully saturated rings. The third-order valence-corrected chi connectivity index (χ3v) is 6.24. The van der Waals surface area contributed by atoms with Crippen molar-refractivity contribution >= 4 is 5.69 Å². The second-order valence-electron chi connectivity index (χ2n) is 7.68. The van der Waals surface area contributed by atoms with Crippen LogP contribution < -0.4 is 4.90 Å². The summed E-state index contributed by atoms with van der Waals surface area (Å²) < 4.78 is 0. The highest BCUT2D eigenvalue weighted by molar-refractivity contribution is 5.60. The summed E-state index contributed by atoms with van der Waals surface area (Å²) in [5.74, 6) is 0. The summed E-state index contributed by atoms with van der Waals surface area (Å²) in [5, 5.41) is 0. The van der Waals surface area contributed by atoms with Gasteiger partial charge in [-0.05, 0) is 69.3 Å². The van der Waals surface area contributed by atoms with Crippen molar-refractivity contribution in [3.05, 3.63) is 29.3 Å². The smallest absolute Gasteiger partial charge is 0.0404 e. The van der Waals surface area contributed by atoms with Crippen molar-refractivity contribution < 1.29 is 0 Å². The molecule has 1 atom stereocenters. The van der Waals surface area contributed by atoms with Crippen LogP contribution in [-0.4, -0.2) is 37.1 Å². The molecule has 0 amide bonds. The number of likely N-dealkylation sites (tertiary alicyclic amines) is 1. The third kappa shape index (κ3) is 2.78. The predicted molar refractivity (Wildman–Crippen MR) is 93.7 cm³/mol. The molecule has 0 N–H and O–H groups in total. The molecule has 3 aliphatic rings. The van der Waals surface area contributed by atoms with Crippen molar-refractivity contribution in [1.82, 2.24) is 4.90 Å². The van der Waals surface area contributed by atoms with E-state index in [9.17, 15) is 0 Å². The van der Waals surface area contributed by atoms with Gasteiger partial charge in [0.1, 0.15) is 0 Å². The maximum Gasteiger partial charge on any atom is 0.0404 e. The highest BCUT2D eigenvalue weighted by atomic mass is 15.2. The van der Waals surface area contributed by atoms with Crippen LogP contribution in [0.25, 0.3) is 0 Å². The Labute approximate surface area is 135 Å². The molecule has 1 unspecified atom stereocenters. The minimum atomic E-state index is 0.766. The summed E-state index contributed by atoms with van der Waals surface area (Å²) in [6.07, 6.45) is 12.4. The molecule has 120 valence electrons. The molecule has 0 spiro atoms. The Morgan fingerprint density at radius 3 is 2.64 bits per heavy atom. The second-order valence-corrected chi connectivity index (χ2v) is 7.68. The summed E-state index contributed by atoms with van der Waals surface area (Å²) in [6.45, 7) is 2.54. The van der Waals surface area contributed by atoms with E-state index >= 15 is 0 Å². The Kier molecular flexibility index (Phi) is 4.13. The number of fused-ring (bicyclic) bond motifs is 1. The molecule has 2 aliphatic heterocycles. The lowest BCUT2D eigenvalue weighted by Gasteiger charge is -2.33. The number of hydrogen-bond donors (Lipinski definition) is 0. The summed E-state index contributed by atoms with van der Waals surface area (Å²) in [5.41, 5.74) is 4.72. The van der Waals surface area contributed by atoms with Crippen LogP contribution in [0, 0.1) is 0 Å². The van der Waals surface area contributed by atoms with Crippen molar-refractivity contribution in [2.24, 2.45) is 0 Å². The molecular weight excluding hydrogens is 268 g/mol. The van der Waals surface area contributed by atoms with Gasteiger partial charge in [0.2, 0.25) is 0 Å². The molecule has 1 saturated carbocycles. The Bertz CT molecular complexity index is 518. The lowest BCUT2D eigenvalue weighted by Crippen LogP contribution is -2.35. The highest BCUT2D eigenvalue weighted by Crippen LogP contribution is 2.35. The molecule has 1 aromatic rings. The number of benzene rings is 1. The van der Waals surface area contributed by atoms with Crippen LogP contribution in [0.2, 0.25) is 0 Å². The third-order valence-electron chi connectivity index (χ3n) is 6.24. The minimum absolute atomic E-state index is 0.766. The molecule has 2 nitrogen and oxygen atoms in total. The van der Waals surface area contributed by atoms with Crippen LogP contribution in [0.1, 0.15) is 56.1 Å². The van der Waals surface area contributed by atoms with Crippen molar-refractivity contribution in [1.29, 1.82) is 0 Å². The van der Waals surface area contributed by atoms with Gasteiger partial charge in [0.15, 0.2) is 0 Å². The first-order valence-corrected chi connectivity index (χ1v) is 9.40. The zero-order valence-electron chi connectivity index (χ0n) is 14.1. The Morgan fingerprint density at radius 2 is 1.86 bits per heavy atom. The van der Waals surface area contributed by atoms with Gasteiger partial charge in [0, 0.05) is 24.3 Å². The van der Waals surface area contributed by atoms with Gasteiger partial charge in [0.25, 0.3) is 0 Å². The molecular formula is C20H30N2. The standard InChI is InChI=1S/C20H30N2/c1-21-12-5-8-19(21)14-16-9-10-17-11-13-22(20(17)15-16)18-6-3-2-4-7-18/h9-10,15,18-19H,2-8,11-14H2,1H3. The second kappa shape index (κ2) is 6.23. The van der Waals surface area contributed by atoms with Gasteiger partial charge in [-0.2, -0.15) is 0 Å². The van der Waals surface area contributed by atoms with E-state index in [1.54, 1.807) is 16.8 Å². The molecule has 0 aromatic heterocycles. The molecule has 22 heavy (non-hydrogen) atoms. The Morgan fingerprint density at radius 1 is 1.00 bits per heavy atom. The first-order valence-electron chi connectivity index (χ1n) is 9.40. The van der Waals surface area contributed by atoms with Crippen LogP contribution in [0.3, 0.4) is 0 Å². The lowest BCUT2D eigenvalue weighted by molar-refractivity contribution is 0.309. The average Bonchev–Trinajstić information content (AvgIpc) is 3.15.